The molecule has 0 saturated heterocycles. The third kappa shape index (κ3) is 5.09. The molecule has 4 rings (SSSR count). The van der Waals surface area contributed by atoms with E-state index in [2.05, 4.69) is 10.6 Å². The van der Waals surface area contributed by atoms with E-state index in [0.29, 0.717) is 21.3 Å². The average Bonchev–Trinajstić information content (AvgIpc) is 3.32. The van der Waals surface area contributed by atoms with Gasteiger partial charge in [0.25, 0.3) is 5.91 Å². The van der Waals surface area contributed by atoms with Crippen LogP contribution in [-0.2, 0) is 4.79 Å². The highest BCUT2D eigenvalue weighted by Gasteiger charge is 2.70. The Morgan fingerprint density at radius 3 is 2.09 bits per heavy atom. The van der Waals surface area contributed by atoms with Crippen LogP contribution >= 0.6 is 46.4 Å². The number of nitrogens with one attached hydrogen (secondary N) is 2. The topological polar surface area (TPSA) is 58.2 Å². The lowest BCUT2D eigenvalue weighted by molar-refractivity contribution is -0.117. The number of carbonyl (C=O) groups excluding carboxylic acids is 2. The molecular weight excluding hydrogens is 516 g/mol. The van der Waals surface area contributed by atoms with Gasteiger partial charge in [0.1, 0.15) is 5.82 Å². The molecule has 3 atom stereocenters. The van der Waals surface area contributed by atoms with Gasteiger partial charge in [0.2, 0.25) is 11.0 Å². The molecular formula is C23H14Cl4F2N2O2. The normalized spacial score (nSPS) is 21.4. The molecule has 1 fully saturated rings. The summed E-state index contributed by atoms with van der Waals surface area (Å²) in [5, 5.41) is 3.56. The molecule has 0 aromatic heterocycles. The quantitative estimate of drug-likeness (QED) is 0.341. The van der Waals surface area contributed by atoms with Gasteiger partial charge in [0, 0.05) is 27.3 Å². The van der Waals surface area contributed by atoms with Crippen molar-refractivity contribution < 1.29 is 18.4 Å². The van der Waals surface area contributed by atoms with Crippen molar-refractivity contribution >= 4 is 69.6 Å². The summed E-state index contributed by atoms with van der Waals surface area (Å²) in [6, 6.07) is 13.9. The molecule has 4 nitrogen and oxygen atoms in total. The maximum absolute atomic E-state index is 14.9. The van der Waals surface area contributed by atoms with Crippen molar-refractivity contribution in [3.8, 4) is 0 Å². The predicted molar refractivity (Wildman–Crippen MR) is 127 cm³/mol. The van der Waals surface area contributed by atoms with Crippen LogP contribution in [0.2, 0.25) is 15.1 Å². The van der Waals surface area contributed by atoms with Crippen molar-refractivity contribution in [2.45, 2.75) is 11.0 Å². The Balaban J connectivity index is 1.50. The van der Waals surface area contributed by atoms with E-state index in [1.807, 2.05) is 0 Å². The molecule has 1 aliphatic carbocycles. The molecule has 2 N–H and O–H groups in total. The highest BCUT2D eigenvalue weighted by atomic mass is 35.5. The zero-order chi connectivity index (χ0) is 23.9. The van der Waals surface area contributed by atoms with E-state index in [1.54, 1.807) is 0 Å². The Morgan fingerprint density at radius 2 is 1.45 bits per heavy atom. The molecule has 3 aromatic rings. The summed E-state index contributed by atoms with van der Waals surface area (Å²) in [5.41, 5.74) is 1.04. The van der Waals surface area contributed by atoms with Crippen LogP contribution in [0.4, 0.5) is 20.2 Å². The van der Waals surface area contributed by atoms with E-state index in [4.69, 9.17) is 46.4 Å². The minimum Gasteiger partial charge on any atom is -0.326 e. The van der Waals surface area contributed by atoms with Crippen molar-refractivity contribution in [3.63, 3.8) is 0 Å². The summed E-state index contributed by atoms with van der Waals surface area (Å²) in [4.78, 5) is 25.4. The Labute approximate surface area is 207 Å². The summed E-state index contributed by atoms with van der Waals surface area (Å²) in [6.07, 6.45) is 0. The van der Waals surface area contributed by atoms with Gasteiger partial charge in [-0.2, -0.15) is 0 Å². The smallest absolute Gasteiger partial charge is 0.257 e. The summed E-state index contributed by atoms with van der Waals surface area (Å²) < 4.78 is 27.9. The third-order valence-corrected chi connectivity index (χ3v) is 6.40. The Kier molecular flexibility index (Phi) is 6.56. The van der Waals surface area contributed by atoms with Crippen molar-refractivity contribution in [1.29, 1.82) is 0 Å². The molecule has 33 heavy (non-hydrogen) atoms. The van der Waals surface area contributed by atoms with E-state index in [-0.39, 0.29) is 16.3 Å². The highest BCUT2D eigenvalue weighted by Crippen LogP contribution is 2.63. The molecule has 0 radical (unpaired) electrons. The van der Waals surface area contributed by atoms with Crippen molar-refractivity contribution in [2.75, 3.05) is 10.6 Å². The second-order valence-electron chi connectivity index (χ2n) is 7.48. The molecule has 2 amide bonds. The number of benzene rings is 3. The molecule has 170 valence electrons. The number of alkyl halides is 2. The summed E-state index contributed by atoms with van der Waals surface area (Å²) in [5.74, 6) is -3.83. The van der Waals surface area contributed by atoms with Gasteiger partial charge in [-0.1, -0.05) is 46.4 Å². The van der Waals surface area contributed by atoms with Gasteiger partial charge in [0.15, 0.2) is 0 Å². The lowest BCUT2D eigenvalue weighted by atomic mass is 10.1. The molecule has 1 saturated carbocycles. The first-order valence-electron chi connectivity index (χ1n) is 9.57. The monoisotopic (exact) mass is 528 g/mol. The number of anilines is 2. The van der Waals surface area contributed by atoms with E-state index < -0.39 is 34.6 Å². The van der Waals surface area contributed by atoms with Crippen LogP contribution < -0.4 is 10.6 Å². The fourth-order valence-electron chi connectivity index (χ4n) is 3.55. The second kappa shape index (κ2) is 9.11. The van der Waals surface area contributed by atoms with Crippen LogP contribution in [0, 0.1) is 11.7 Å². The molecule has 1 unspecified atom stereocenters. The van der Waals surface area contributed by atoms with Crippen molar-refractivity contribution in [3.05, 3.63) is 92.7 Å². The number of rotatable bonds is 5. The number of hydrogen-bond donors (Lipinski definition) is 2. The minimum atomic E-state index is -2.31. The van der Waals surface area contributed by atoms with Crippen LogP contribution in [0.15, 0.2) is 60.7 Å². The molecule has 0 heterocycles. The lowest BCUT2D eigenvalue weighted by Crippen LogP contribution is -2.18. The zero-order valence-electron chi connectivity index (χ0n) is 16.5. The van der Waals surface area contributed by atoms with Crippen LogP contribution in [0.1, 0.15) is 21.8 Å². The van der Waals surface area contributed by atoms with Crippen LogP contribution in [0.3, 0.4) is 0 Å². The maximum atomic E-state index is 14.9. The van der Waals surface area contributed by atoms with E-state index >= 15 is 0 Å². The molecule has 1 aliphatic rings. The fraction of sp³-hybridized carbons (Fsp3) is 0.130. The van der Waals surface area contributed by atoms with Crippen molar-refractivity contribution in [1.82, 2.24) is 0 Å². The number of amides is 2. The second-order valence-corrected chi connectivity index (χ2v) is 9.34. The van der Waals surface area contributed by atoms with Gasteiger partial charge in [-0.05, 0) is 66.2 Å². The van der Waals surface area contributed by atoms with Crippen LogP contribution in [0.5, 0.6) is 0 Å². The minimum absolute atomic E-state index is 0.0603. The zero-order valence-corrected chi connectivity index (χ0v) is 19.5. The van der Waals surface area contributed by atoms with E-state index in [1.165, 1.54) is 60.7 Å². The summed E-state index contributed by atoms with van der Waals surface area (Å²) >= 11 is 24.0. The number of halogens is 6. The predicted octanol–water partition coefficient (Wildman–Crippen LogP) is 7.29. The van der Waals surface area contributed by atoms with Crippen molar-refractivity contribution in [2.24, 2.45) is 5.92 Å². The summed E-state index contributed by atoms with van der Waals surface area (Å²) in [6.45, 7) is 0. The number of hydrogen-bond acceptors (Lipinski definition) is 2. The molecule has 10 heteroatoms. The maximum Gasteiger partial charge on any atom is 0.257 e. The average molecular weight is 530 g/mol. The van der Waals surface area contributed by atoms with Gasteiger partial charge in [-0.25, -0.2) is 8.78 Å². The van der Waals surface area contributed by atoms with E-state index in [0.717, 1.165) is 0 Å². The van der Waals surface area contributed by atoms with Gasteiger partial charge < -0.3 is 10.6 Å². The highest BCUT2D eigenvalue weighted by molar-refractivity contribution is 6.35. The van der Waals surface area contributed by atoms with Gasteiger partial charge >= 0.3 is 0 Å². The Bertz CT molecular complexity index is 1230. The first-order valence-corrected chi connectivity index (χ1v) is 11.1. The number of carbonyl (C=O) groups is 2. The first-order chi connectivity index (χ1) is 15.6. The SMILES string of the molecule is O=C(Nc1ccc(F)cc1)c1cc(NC(=O)[C@H]2[C@H](c3cc(Cl)cc(Cl)c3)C2(F)Cl)ccc1Cl. The summed E-state index contributed by atoms with van der Waals surface area (Å²) in [7, 11) is 0. The molecule has 3 aromatic carbocycles. The molecule has 0 bridgehead atoms. The third-order valence-electron chi connectivity index (χ3n) is 5.16. The standard InChI is InChI=1S/C23H14Cl4F2N2O2/c24-12-7-11(8-13(25)9-12)19-20(23(19,27)29)22(33)31-16-5-6-18(26)17(10-16)21(32)30-15-3-1-14(28)2-4-15/h1-10,19-20H,(H,30,32)(H,31,33)/t19-,20+,23?/m0/s1. The molecule has 0 aliphatic heterocycles. The molecule has 0 spiro atoms. The fourth-order valence-corrected chi connectivity index (χ4v) is 4.71. The Hall–Kier alpha value is -2.38. The van der Waals surface area contributed by atoms with Crippen LogP contribution in [0.25, 0.3) is 0 Å². The van der Waals surface area contributed by atoms with Gasteiger partial charge in [-0.3, -0.25) is 9.59 Å². The first kappa shape index (κ1) is 23.8. The lowest BCUT2D eigenvalue weighted by Gasteiger charge is -2.10. The van der Waals surface area contributed by atoms with E-state index in [9.17, 15) is 18.4 Å². The van der Waals surface area contributed by atoms with Crippen LogP contribution in [-0.4, -0.2) is 16.9 Å². The van der Waals surface area contributed by atoms with Gasteiger partial charge in [-0.15, -0.1) is 0 Å². The largest absolute Gasteiger partial charge is 0.326 e. The van der Waals surface area contributed by atoms with Gasteiger partial charge in [0.05, 0.1) is 16.5 Å². The Morgan fingerprint density at radius 1 is 0.848 bits per heavy atom.